The summed E-state index contributed by atoms with van der Waals surface area (Å²) in [5.74, 6) is -7.38. The molecule has 67 heavy (non-hydrogen) atoms. The van der Waals surface area contributed by atoms with Crippen molar-refractivity contribution in [1.29, 1.82) is 0 Å². The number of allylic oxidation sites excluding steroid dienone is 3. The number of ketones is 2. The first kappa shape index (κ1) is 52.5. The molecule has 4 aliphatic rings. The monoisotopic (exact) mass is 934 g/mol. The van der Waals surface area contributed by atoms with Gasteiger partial charge in [0.2, 0.25) is 5.79 Å². The van der Waals surface area contributed by atoms with Crippen molar-refractivity contribution < 1.29 is 53.1 Å². The van der Waals surface area contributed by atoms with Crippen LogP contribution < -0.4 is 5.32 Å². The molecule has 3 fully saturated rings. The molecule has 14 nitrogen and oxygen atoms in total. The predicted octanol–water partition coefficient (Wildman–Crippen LogP) is 7.57. The van der Waals surface area contributed by atoms with E-state index in [0.29, 0.717) is 38.5 Å². The second-order valence-corrected chi connectivity index (χ2v) is 20.2. The molecule has 1 amide bonds. The van der Waals surface area contributed by atoms with Gasteiger partial charge in [0.1, 0.15) is 24.0 Å². The third-order valence-electron chi connectivity index (χ3n) is 15.4. The van der Waals surface area contributed by atoms with Gasteiger partial charge in [-0.05, 0) is 127 Å². The second kappa shape index (κ2) is 23.1. The summed E-state index contributed by atoms with van der Waals surface area (Å²) in [6, 6.07) is 7.50. The molecule has 372 valence electrons. The number of ether oxygens (including phenoxy) is 5. The fourth-order valence-electron chi connectivity index (χ4n) is 11.4. The van der Waals surface area contributed by atoms with Crippen molar-refractivity contribution in [3.05, 3.63) is 53.8 Å². The number of Topliss-reactive ketones (excluding diaryl/α,β-unsaturated/α-hetero) is 2. The Morgan fingerprint density at radius 1 is 0.925 bits per heavy atom. The number of aromatic nitrogens is 1. The summed E-state index contributed by atoms with van der Waals surface area (Å²) in [5, 5.41) is 28.9. The number of rotatable bonds is 9. The third kappa shape index (κ3) is 11.9. The fraction of sp³-hybridized carbons (Fsp3) is 0.698. The number of aliphatic hydroxyl groups is 2. The van der Waals surface area contributed by atoms with E-state index in [4.69, 9.17) is 23.7 Å². The lowest BCUT2D eigenvalue weighted by atomic mass is 9.80. The Hall–Kier alpha value is -3.92. The number of amides is 1. The molecule has 14 heteroatoms. The minimum absolute atomic E-state index is 0.0343. The molecule has 1 aliphatic carbocycles. The quantitative estimate of drug-likeness (QED) is 0.128. The number of nitrogens with zero attached hydrogens (tertiary/aromatic N) is 2. The summed E-state index contributed by atoms with van der Waals surface area (Å²) < 4.78 is 32.8. The zero-order valence-corrected chi connectivity index (χ0v) is 41.7. The Bertz CT molecular complexity index is 2100. The SMILES string of the molecule is CCC1/C=C(\C)CC(C)CC(OC)C2OC(O)(C(=O)C(=O)N3CCCCC3C(=O)OC(C(C)=CC3CCC(Nc4ccc5c(ccn5CC)c4)C(OC)C3)C(C)C(O)CC1=O)C(C)CC2OC. The maximum Gasteiger partial charge on any atom is 0.329 e. The molecule has 14 unspecified atom stereocenters. The minimum atomic E-state index is -2.50. The molecule has 0 radical (unpaired) electrons. The van der Waals surface area contributed by atoms with E-state index in [0.717, 1.165) is 36.2 Å². The summed E-state index contributed by atoms with van der Waals surface area (Å²) in [5.41, 5.74) is 3.94. The highest BCUT2D eigenvalue weighted by molar-refractivity contribution is 6.39. The van der Waals surface area contributed by atoms with Crippen LogP contribution in [-0.4, -0.2) is 125 Å². The van der Waals surface area contributed by atoms with E-state index < -0.39 is 77.8 Å². The molecule has 14 atom stereocenters. The summed E-state index contributed by atoms with van der Waals surface area (Å²) in [7, 11) is 4.81. The van der Waals surface area contributed by atoms with E-state index in [1.54, 1.807) is 35.2 Å². The van der Waals surface area contributed by atoms with Gasteiger partial charge in [-0.3, -0.25) is 14.4 Å². The number of aliphatic hydroxyl groups excluding tert-OH is 1. The minimum Gasteiger partial charge on any atom is -0.456 e. The van der Waals surface area contributed by atoms with Crippen molar-refractivity contribution in [2.45, 2.75) is 180 Å². The van der Waals surface area contributed by atoms with Gasteiger partial charge in [-0.1, -0.05) is 45.4 Å². The molecule has 0 spiro atoms. The van der Waals surface area contributed by atoms with Gasteiger partial charge >= 0.3 is 5.97 Å². The van der Waals surface area contributed by atoms with E-state index in [9.17, 15) is 29.4 Å². The van der Waals surface area contributed by atoms with E-state index in [1.165, 1.54) is 15.8 Å². The average molecular weight is 934 g/mol. The Labute approximate surface area is 398 Å². The van der Waals surface area contributed by atoms with Gasteiger partial charge in [0.05, 0.1) is 30.5 Å². The normalized spacial score (nSPS) is 36.7. The van der Waals surface area contributed by atoms with Crippen LogP contribution in [0.5, 0.6) is 0 Å². The second-order valence-electron chi connectivity index (χ2n) is 20.2. The van der Waals surface area contributed by atoms with Crippen LogP contribution in [-0.2, 0) is 49.4 Å². The molecule has 6 rings (SSSR count). The Kier molecular flexibility index (Phi) is 18.1. The molecule has 4 heterocycles. The van der Waals surface area contributed by atoms with E-state index >= 15 is 0 Å². The smallest absolute Gasteiger partial charge is 0.329 e. The van der Waals surface area contributed by atoms with Gasteiger partial charge in [-0.2, -0.15) is 0 Å². The molecule has 1 aromatic carbocycles. The molecule has 1 aromatic heterocycles. The average Bonchev–Trinajstić information content (AvgIpc) is 3.74. The molecular formula is C53H79N3O11. The number of fused-ring (bicyclic) bond motifs is 4. The maximum atomic E-state index is 14.6. The highest BCUT2D eigenvalue weighted by Crippen LogP contribution is 2.40. The number of aryl methyl sites for hydroxylation is 1. The number of methoxy groups -OCH3 is 3. The number of cyclic esters (lactones) is 1. The number of hydrogen-bond donors (Lipinski definition) is 3. The number of nitrogens with one attached hydrogen (secondary N) is 1. The lowest BCUT2D eigenvalue weighted by molar-refractivity contribution is -0.302. The number of carbonyl (C=O) groups excluding carboxylic acids is 4. The topological polar surface area (TPSA) is 175 Å². The molecule has 2 bridgehead atoms. The lowest BCUT2D eigenvalue weighted by Gasteiger charge is -2.47. The first-order valence-electron chi connectivity index (χ1n) is 24.9. The zero-order chi connectivity index (χ0) is 48.7. The summed E-state index contributed by atoms with van der Waals surface area (Å²) in [6.07, 6.45) is 7.40. The van der Waals surface area contributed by atoms with Crippen LogP contribution in [0.1, 0.15) is 119 Å². The number of carbonyl (C=O) groups is 4. The Morgan fingerprint density at radius 2 is 1.64 bits per heavy atom. The van der Waals surface area contributed by atoms with Gasteiger partial charge in [0, 0.05) is 81.4 Å². The Morgan fingerprint density at radius 3 is 2.33 bits per heavy atom. The van der Waals surface area contributed by atoms with Crippen molar-refractivity contribution in [1.82, 2.24) is 9.47 Å². The number of hydrogen-bond acceptors (Lipinski definition) is 12. The summed E-state index contributed by atoms with van der Waals surface area (Å²) in [4.78, 5) is 58.6. The largest absolute Gasteiger partial charge is 0.456 e. The van der Waals surface area contributed by atoms with Crippen LogP contribution >= 0.6 is 0 Å². The number of anilines is 1. The fourth-order valence-corrected chi connectivity index (χ4v) is 11.4. The van der Waals surface area contributed by atoms with Crippen molar-refractivity contribution >= 4 is 40.0 Å². The van der Waals surface area contributed by atoms with Crippen molar-refractivity contribution in [2.75, 3.05) is 33.2 Å². The molecule has 1 saturated carbocycles. The van der Waals surface area contributed by atoms with Gasteiger partial charge in [-0.15, -0.1) is 0 Å². The van der Waals surface area contributed by atoms with Crippen LogP contribution in [0.2, 0.25) is 0 Å². The van der Waals surface area contributed by atoms with Gasteiger partial charge < -0.3 is 48.7 Å². The lowest BCUT2D eigenvalue weighted by Crippen LogP contribution is -2.64. The van der Waals surface area contributed by atoms with Crippen LogP contribution in [0.3, 0.4) is 0 Å². The van der Waals surface area contributed by atoms with E-state index in [1.807, 2.05) is 26.8 Å². The van der Waals surface area contributed by atoms with E-state index in [-0.39, 0.29) is 55.6 Å². The highest BCUT2D eigenvalue weighted by Gasteiger charge is 2.56. The van der Waals surface area contributed by atoms with Crippen molar-refractivity contribution in [3.8, 4) is 0 Å². The van der Waals surface area contributed by atoms with Crippen LogP contribution in [0.15, 0.2) is 53.8 Å². The van der Waals surface area contributed by atoms with Crippen molar-refractivity contribution in [2.24, 2.45) is 29.6 Å². The van der Waals surface area contributed by atoms with Gasteiger partial charge in [-0.25, -0.2) is 4.79 Å². The van der Waals surface area contributed by atoms with Crippen LogP contribution in [0.4, 0.5) is 5.69 Å². The zero-order valence-electron chi connectivity index (χ0n) is 41.7. The maximum absolute atomic E-state index is 14.6. The molecule has 3 N–H and O–H groups in total. The Balaban J connectivity index is 1.30. The summed E-state index contributed by atoms with van der Waals surface area (Å²) in [6.45, 7) is 14.5. The first-order valence-corrected chi connectivity index (χ1v) is 24.9. The molecule has 2 aromatic rings. The standard InChI is InChI=1S/C53H79N3O11/c1-11-37-24-31(3)23-32(4)25-46(64-9)49-47(65-10)27-34(6)53(62,67-49)50(59)51(60)56-21-14-13-15-42(56)52(61)66-48(35(7)43(57)30-44(37)58)33(5)26-36-16-18-40(45(28-36)63-8)54-39-17-19-41-38(29-39)20-22-55(41)12-2/h17,19-20,22,24,26,29,32,34-37,40,42-43,45-49,54,57,62H,11-16,18,21,23,25,27-28,30H2,1-10H3/b31-24+,33-26?. The molecule has 2 saturated heterocycles. The van der Waals surface area contributed by atoms with Gasteiger partial charge in [0.25, 0.3) is 11.7 Å². The number of benzene rings is 1. The number of esters is 1. The van der Waals surface area contributed by atoms with Crippen LogP contribution in [0.25, 0.3) is 10.9 Å². The predicted molar refractivity (Wildman–Crippen MR) is 257 cm³/mol. The van der Waals surface area contributed by atoms with Gasteiger partial charge in [0.15, 0.2) is 0 Å². The third-order valence-corrected chi connectivity index (χ3v) is 15.4. The highest BCUT2D eigenvalue weighted by atomic mass is 16.7. The van der Waals surface area contributed by atoms with Crippen molar-refractivity contribution in [3.63, 3.8) is 0 Å². The van der Waals surface area contributed by atoms with Crippen LogP contribution in [0, 0.1) is 29.6 Å². The first-order chi connectivity index (χ1) is 32.0. The summed E-state index contributed by atoms with van der Waals surface area (Å²) >= 11 is 0. The molecular weight excluding hydrogens is 855 g/mol. The van der Waals surface area contributed by atoms with E-state index in [2.05, 4.69) is 60.3 Å². The number of piperidine rings is 1. The molecule has 3 aliphatic heterocycles.